The average molecular weight is 688 g/mol. The fourth-order valence-electron chi connectivity index (χ4n) is 5.70. The molecule has 0 unspecified atom stereocenters. The van der Waals surface area contributed by atoms with Crippen LogP contribution in [0.5, 0.6) is 0 Å². The normalized spacial score (nSPS) is 15.6. The predicted molar refractivity (Wildman–Crippen MR) is 191 cm³/mol. The number of aromatic nitrogens is 1. The third-order valence-corrected chi connectivity index (χ3v) is 11.1. The molecule has 0 bridgehead atoms. The molecule has 260 valence electrons. The third-order valence-electron chi connectivity index (χ3n) is 8.44. The fourth-order valence-corrected chi connectivity index (χ4v) is 7.90. The van der Waals surface area contributed by atoms with Gasteiger partial charge in [0.15, 0.2) is 5.76 Å². The highest BCUT2D eigenvalue weighted by Crippen LogP contribution is 2.21. The van der Waals surface area contributed by atoms with E-state index in [9.17, 15) is 13.8 Å². The molecule has 0 atom stereocenters. The number of hydrogen-bond acceptors (Lipinski definition) is 9. The van der Waals surface area contributed by atoms with Gasteiger partial charge >= 0.3 is 0 Å². The van der Waals surface area contributed by atoms with Crippen LogP contribution in [0.3, 0.4) is 0 Å². The smallest absolute Gasteiger partial charge is 0.290 e. The molecule has 3 heterocycles. The zero-order valence-corrected chi connectivity index (χ0v) is 28.8. The number of carbonyl (C=O) groups excluding carboxylic acids is 2. The number of ether oxygens (including phenoxy) is 2. The van der Waals surface area contributed by atoms with Crippen molar-refractivity contribution in [1.82, 2.24) is 19.5 Å². The number of hydrogen-bond donors (Lipinski definition) is 4. The van der Waals surface area contributed by atoms with Gasteiger partial charge in [0.2, 0.25) is 0 Å². The number of thiol groups is 1. The molecule has 0 radical (unpaired) electrons. The number of aliphatic hydroxyl groups is 1. The van der Waals surface area contributed by atoms with Crippen LogP contribution in [-0.4, -0.2) is 107 Å². The second-order valence-corrected chi connectivity index (χ2v) is 14.7. The summed E-state index contributed by atoms with van der Waals surface area (Å²) in [7, 11) is -3.29. The van der Waals surface area contributed by atoms with E-state index in [-0.39, 0.29) is 18.1 Å². The van der Waals surface area contributed by atoms with Crippen LogP contribution in [0, 0.1) is 11.8 Å². The lowest BCUT2D eigenvalue weighted by Gasteiger charge is -2.35. The maximum absolute atomic E-state index is 14.4. The summed E-state index contributed by atoms with van der Waals surface area (Å²) < 4.78 is 28.1. The molecule has 2 aromatic carbocycles. The van der Waals surface area contributed by atoms with Gasteiger partial charge in [0.1, 0.15) is 0 Å². The number of aliphatic hydroxyl groups excluding tert-OH is 1. The lowest BCUT2D eigenvalue weighted by atomic mass is 10.1. The highest BCUT2D eigenvalue weighted by atomic mass is 32.3. The van der Waals surface area contributed by atoms with E-state index in [1.165, 1.54) is 6.20 Å². The molecular weight excluding hydrogens is 643 g/mol. The van der Waals surface area contributed by atoms with Gasteiger partial charge in [-0.3, -0.25) is 28.4 Å². The highest BCUT2D eigenvalue weighted by Gasteiger charge is 2.23. The Morgan fingerprint density at radius 3 is 2.43 bits per heavy atom. The van der Waals surface area contributed by atoms with Crippen LogP contribution in [0.1, 0.15) is 41.3 Å². The molecule has 0 saturated carbocycles. The Hall–Kier alpha value is -4.38. The topological polar surface area (TPSA) is 133 Å². The lowest BCUT2D eigenvalue weighted by Crippen LogP contribution is -2.48. The summed E-state index contributed by atoms with van der Waals surface area (Å²) in [6.45, 7) is 8.70. The molecule has 0 spiro atoms. The van der Waals surface area contributed by atoms with Crippen molar-refractivity contribution in [3.63, 3.8) is 0 Å². The Labute approximate surface area is 289 Å². The van der Waals surface area contributed by atoms with Crippen LogP contribution in [0.15, 0.2) is 89.3 Å². The van der Waals surface area contributed by atoms with Crippen LogP contribution < -0.4 is 10.0 Å². The fraction of sp³-hybridized carbons (Fsp3) is 0.378. The van der Waals surface area contributed by atoms with Crippen molar-refractivity contribution < 1.29 is 28.4 Å². The number of nitrogens with one attached hydrogen (secondary N) is 2. The molecular formula is C37H45N5O6S. The van der Waals surface area contributed by atoms with Crippen molar-refractivity contribution in [3.8, 4) is 11.8 Å². The first-order valence-corrected chi connectivity index (χ1v) is 18.5. The van der Waals surface area contributed by atoms with Crippen molar-refractivity contribution in [2.75, 3.05) is 76.8 Å². The maximum atomic E-state index is 14.4. The van der Waals surface area contributed by atoms with Crippen molar-refractivity contribution in [3.05, 3.63) is 101 Å². The van der Waals surface area contributed by atoms with E-state index >= 15 is 0 Å². The van der Waals surface area contributed by atoms with E-state index in [2.05, 4.69) is 36.7 Å². The second kappa shape index (κ2) is 17.9. The number of rotatable bonds is 14. The molecule has 11 nitrogen and oxygen atoms in total. The predicted octanol–water partition coefficient (Wildman–Crippen LogP) is 2.85. The van der Waals surface area contributed by atoms with Gasteiger partial charge in [-0.25, -0.2) is 0 Å². The SMILES string of the molecule is CC1=C(C(=O)Nc2cccc(C#Cc3cncc(C(=O)N[SH](=O)(CCCN4CCN(CCOCCO)CC4)c4ccccc4)c3)c2)OCC1. The summed E-state index contributed by atoms with van der Waals surface area (Å²) in [5, 5.41) is 11.7. The monoisotopic (exact) mass is 687 g/mol. The van der Waals surface area contributed by atoms with Gasteiger partial charge in [-0.1, -0.05) is 36.1 Å². The summed E-state index contributed by atoms with van der Waals surface area (Å²) in [6.07, 6.45) is 4.43. The minimum atomic E-state index is -3.29. The zero-order chi connectivity index (χ0) is 34.5. The maximum Gasteiger partial charge on any atom is 0.290 e. The van der Waals surface area contributed by atoms with Crippen molar-refractivity contribution in [1.29, 1.82) is 0 Å². The molecule has 3 aromatic rings. The zero-order valence-electron chi connectivity index (χ0n) is 27.9. The molecule has 2 amide bonds. The molecule has 49 heavy (non-hydrogen) atoms. The molecule has 1 saturated heterocycles. The van der Waals surface area contributed by atoms with Crippen LogP contribution >= 0.6 is 0 Å². The van der Waals surface area contributed by atoms with Crippen LogP contribution in [0.25, 0.3) is 0 Å². The molecule has 2 aliphatic rings. The Bertz CT molecular complexity index is 1730. The summed E-state index contributed by atoms with van der Waals surface area (Å²) in [5.41, 5.74) is 2.98. The quantitative estimate of drug-likeness (QED) is 0.115. The van der Waals surface area contributed by atoms with E-state index in [4.69, 9.17) is 14.6 Å². The highest BCUT2D eigenvalue weighted by molar-refractivity contribution is 8.01. The molecule has 2 aliphatic heterocycles. The van der Waals surface area contributed by atoms with E-state index in [1.54, 1.807) is 42.6 Å². The number of pyridine rings is 1. The van der Waals surface area contributed by atoms with Gasteiger partial charge in [-0.2, -0.15) is 0 Å². The largest absolute Gasteiger partial charge is 0.488 e. The Morgan fingerprint density at radius 2 is 1.69 bits per heavy atom. The molecule has 12 heteroatoms. The van der Waals surface area contributed by atoms with E-state index in [0.717, 1.165) is 51.3 Å². The van der Waals surface area contributed by atoms with Gasteiger partial charge in [-0.15, -0.1) is 0 Å². The van der Waals surface area contributed by atoms with Gasteiger partial charge in [-0.05, 0) is 72.0 Å². The molecule has 3 N–H and O–H groups in total. The van der Waals surface area contributed by atoms with Gasteiger partial charge in [0, 0.05) is 79.0 Å². The first-order chi connectivity index (χ1) is 23.8. The molecule has 0 aliphatic carbocycles. The van der Waals surface area contributed by atoms with E-state index in [1.807, 2.05) is 31.2 Å². The lowest BCUT2D eigenvalue weighted by molar-refractivity contribution is -0.115. The van der Waals surface area contributed by atoms with E-state index < -0.39 is 16.0 Å². The Kier molecular flexibility index (Phi) is 13.1. The number of amides is 2. The first-order valence-electron chi connectivity index (χ1n) is 16.6. The summed E-state index contributed by atoms with van der Waals surface area (Å²) in [4.78, 5) is 35.6. The van der Waals surface area contributed by atoms with Gasteiger partial charge in [0.25, 0.3) is 11.8 Å². The van der Waals surface area contributed by atoms with Gasteiger partial charge in [0.05, 0.1) is 32.0 Å². The third kappa shape index (κ3) is 10.6. The van der Waals surface area contributed by atoms with Crippen molar-refractivity contribution in [2.45, 2.75) is 24.7 Å². The molecule has 1 aromatic heterocycles. The minimum absolute atomic E-state index is 0.0360. The van der Waals surface area contributed by atoms with Crippen LogP contribution in [-0.2, 0) is 24.4 Å². The summed E-state index contributed by atoms with van der Waals surface area (Å²) in [5.74, 6) is 6.07. The first kappa shape index (κ1) is 35.9. The molecule has 1 fully saturated rings. The average Bonchev–Trinajstić information content (AvgIpc) is 3.56. The number of carbonyl (C=O) groups is 2. The standard InChI is InChI=1S/C37H45N5O6S/c1-29-13-21-48-35(29)37(45)39-33-8-5-7-30(26-33)11-12-31-25-32(28-38-27-31)36(44)40-49(46,34-9-3-2-4-10-34)24-6-14-41-15-17-42(18-16-41)19-22-47-23-20-43/h2-5,7-10,25-28,43,49H,6,13-24H2,1H3,(H,39,45)(H,40,44,46). The second-order valence-electron chi connectivity index (χ2n) is 12.1. The summed E-state index contributed by atoms with van der Waals surface area (Å²) >= 11 is 0. The van der Waals surface area contributed by atoms with Crippen LogP contribution in [0.4, 0.5) is 5.69 Å². The number of benzene rings is 2. The number of piperazine rings is 1. The van der Waals surface area contributed by atoms with Crippen LogP contribution in [0.2, 0.25) is 0 Å². The Morgan fingerprint density at radius 1 is 0.939 bits per heavy atom. The van der Waals surface area contributed by atoms with E-state index in [0.29, 0.717) is 59.5 Å². The van der Waals surface area contributed by atoms with Crippen molar-refractivity contribution in [2.24, 2.45) is 0 Å². The Balaban J connectivity index is 1.19. The summed E-state index contributed by atoms with van der Waals surface area (Å²) in [6, 6.07) is 17.9. The molecule has 5 rings (SSSR count). The minimum Gasteiger partial charge on any atom is -0.488 e. The number of anilines is 1. The number of nitrogens with zero attached hydrogens (tertiary/aromatic N) is 3. The van der Waals surface area contributed by atoms with Crippen molar-refractivity contribution >= 4 is 27.6 Å². The van der Waals surface area contributed by atoms with Gasteiger partial charge < -0.3 is 24.8 Å².